The highest BCUT2D eigenvalue weighted by Crippen LogP contribution is 2.24. The van der Waals surface area contributed by atoms with E-state index in [0.717, 1.165) is 18.6 Å². The summed E-state index contributed by atoms with van der Waals surface area (Å²) in [6, 6.07) is 0. The fourth-order valence-corrected chi connectivity index (χ4v) is 2.45. The first-order valence-electron chi connectivity index (χ1n) is 12.1. The molecule has 5 amide bonds. The van der Waals surface area contributed by atoms with Crippen molar-refractivity contribution in [1.82, 2.24) is 34.6 Å². The van der Waals surface area contributed by atoms with Crippen molar-refractivity contribution in [2.75, 3.05) is 48.0 Å². The number of imide groups is 1. The van der Waals surface area contributed by atoms with E-state index in [1.807, 2.05) is 6.92 Å². The zero-order chi connectivity index (χ0) is 32.5. The van der Waals surface area contributed by atoms with Crippen molar-refractivity contribution in [1.29, 1.82) is 0 Å². The summed E-state index contributed by atoms with van der Waals surface area (Å²) in [5.74, 6) is -0.449. The lowest BCUT2D eigenvalue weighted by molar-refractivity contribution is -0.140. The second-order valence-corrected chi connectivity index (χ2v) is 8.45. The van der Waals surface area contributed by atoms with Crippen molar-refractivity contribution in [3.63, 3.8) is 0 Å². The first-order valence-corrected chi connectivity index (χ1v) is 12.1. The van der Waals surface area contributed by atoms with Crippen molar-refractivity contribution in [3.05, 3.63) is 31.5 Å². The molecular formula is C23H41N7O11. The summed E-state index contributed by atoms with van der Waals surface area (Å²) in [6.07, 6.45) is -1.38. The molecule has 234 valence electrons. The molecule has 0 radical (unpaired) electrons. The van der Waals surface area contributed by atoms with E-state index >= 15 is 0 Å². The van der Waals surface area contributed by atoms with Gasteiger partial charge in [0.1, 0.15) is 19.8 Å². The van der Waals surface area contributed by atoms with E-state index in [1.54, 1.807) is 0 Å². The molecule has 0 bridgehead atoms. The van der Waals surface area contributed by atoms with E-state index in [1.165, 1.54) is 63.2 Å². The quantitative estimate of drug-likeness (QED) is 0.302. The summed E-state index contributed by atoms with van der Waals surface area (Å²) >= 11 is 0. The number of carbonyl (C=O) groups excluding carboxylic acids is 5. The second kappa shape index (κ2) is 18.6. The normalized spacial score (nSPS) is 9.90. The Morgan fingerprint density at radius 2 is 0.902 bits per heavy atom. The van der Waals surface area contributed by atoms with E-state index in [-0.39, 0.29) is 31.6 Å². The van der Waals surface area contributed by atoms with Crippen LogP contribution < -0.4 is 33.0 Å². The molecular weight excluding hydrogens is 550 g/mol. The Balaban J connectivity index is 0. The topological polar surface area (TPSA) is 218 Å². The summed E-state index contributed by atoms with van der Waals surface area (Å²) in [4.78, 5) is 88.4. The minimum Gasteiger partial charge on any atom is -0.449 e. The van der Waals surface area contributed by atoms with Crippen LogP contribution in [-0.2, 0) is 44.9 Å². The highest BCUT2D eigenvalue weighted by Gasteiger charge is 2.34. The SMILES string of the molecule is CC(=O)N(C)C(C)=O.CCC(COC(=O)NC)(COC(=O)NC)COC(=O)NC.Cn1c(=O)n(C)c(=O)n(C)c1=O. The van der Waals surface area contributed by atoms with Gasteiger partial charge in [0, 0.05) is 63.2 Å². The molecule has 0 atom stereocenters. The lowest BCUT2D eigenvalue weighted by atomic mass is 9.88. The van der Waals surface area contributed by atoms with E-state index in [4.69, 9.17) is 14.2 Å². The van der Waals surface area contributed by atoms with Crippen LogP contribution in [0.1, 0.15) is 27.2 Å². The molecule has 3 N–H and O–H groups in total. The Morgan fingerprint density at radius 1 is 0.659 bits per heavy atom. The van der Waals surface area contributed by atoms with Crippen LogP contribution in [0.15, 0.2) is 14.4 Å². The number of rotatable bonds is 7. The highest BCUT2D eigenvalue weighted by molar-refractivity contribution is 5.92. The average molecular weight is 592 g/mol. The van der Waals surface area contributed by atoms with E-state index < -0.39 is 40.8 Å². The summed E-state index contributed by atoms with van der Waals surface area (Å²) in [5.41, 5.74) is -2.64. The predicted octanol–water partition coefficient (Wildman–Crippen LogP) is -1.76. The summed E-state index contributed by atoms with van der Waals surface area (Å²) in [5, 5.41) is 6.94. The molecule has 41 heavy (non-hydrogen) atoms. The van der Waals surface area contributed by atoms with E-state index in [9.17, 15) is 38.4 Å². The lowest BCUT2D eigenvalue weighted by Gasteiger charge is -2.30. The molecule has 0 aliphatic rings. The third kappa shape index (κ3) is 13.3. The van der Waals surface area contributed by atoms with Gasteiger partial charge in [-0.1, -0.05) is 6.92 Å². The van der Waals surface area contributed by atoms with Gasteiger partial charge in [0.2, 0.25) is 11.8 Å². The maximum Gasteiger partial charge on any atom is 0.406 e. The van der Waals surface area contributed by atoms with Crippen LogP contribution in [-0.4, -0.2) is 96.7 Å². The van der Waals surface area contributed by atoms with Gasteiger partial charge in [-0.25, -0.2) is 42.5 Å². The fourth-order valence-electron chi connectivity index (χ4n) is 2.45. The van der Waals surface area contributed by atoms with Gasteiger partial charge in [0.25, 0.3) is 0 Å². The van der Waals surface area contributed by atoms with E-state index in [0.29, 0.717) is 6.42 Å². The number of nitrogens with zero attached hydrogens (tertiary/aromatic N) is 4. The Labute approximate surface area is 236 Å². The molecule has 18 nitrogen and oxygen atoms in total. The number of hydrogen-bond donors (Lipinski definition) is 3. The standard InChI is InChI=1S/C12H23N3O6.C6H9N3O3.C5H9NO2/c1-5-12(6-19-9(16)13-2,7-20-10(17)14-3)8-21-11(18)15-4;1-7-4(10)8(2)6(12)9(3)5(7)11;1-4(7)6(3)5(2)8/h5-8H2,1-4H3,(H,13,16)(H,14,17)(H,15,18);1-3H3;1-3H3. The number of amides is 5. The maximum atomic E-state index is 11.2. The van der Waals surface area contributed by atoms with Crippen LogP contribution in [0.4, 0.5) is 14.4 Å². The molecule has 0 aliphatic heterocycles. The van der Waals surface area contributed by atoms with Gasteiger partial charge in [0.15, 0.2) is 0 Å². The van der Waals surface area contributed by atoms with Crippen LogP contribution >= 0.6 is 0 Å². The van der Waals surface area contributed by atoms with Crippen molar-refractivity contribution in [2.24, 2.45) is 26.6 Å². The Hall–Kier alpha value is -4.64. The van der Waals surface area contributed by atoms with E-state index in [2.05, 4.69) is 16.0 Å². The van der Waals surface area contributed by atoms with Gasteiger partial charge in [-0.3, -0.25) is 14.5 Å². The predicted molar refractivity (Wildman–Crippen MR) is 145 cm³/mol. The smallest absolute Gasteiger partial charge is 0.406 e. The number of alkyl carbamates (subject to hydrolysis) is 3. The fraction of sp³-hybridized carbons (Fsp3) is 0.652. The minimum absolute atomic E-state index is 0.0584. The molecule has 0 unspecified atom stereocenters. The summed E-state index contributed by atoms with van der Waals surface area (Å²) in [7, 11) is 9.71. The van der Waals surface area contributed by atoms with Crippen molar-refractivity contribution < 1.29 is 38.2 Å². The van der Waals surface area contributed by atoms with Crippen molar-refractivity contribution in [3.8, 4) is 0 Å². The molecule has 0 saturated heterocycles. The molecule has 18 heteroatoms. The largest absolute Gasteiger partial charge is 0.449 e. The number of ether oxygens (including phenoxy) is 3. The molecule has 1 aromatic heterocycles. The van der Waals surface area contributed by atoms with Gasteiger partial charge in [-0.15, -0.1) is 0 Å². The minimum atomic E-state index is -0.814. The van der Waals surface area contributed by atoms with Gasteiger partial charge in [0.05, 0.1) is 5.41 Å². The van der Waals surface area contributed by atoms with Crippen LogP contribution in [0.3, 0.4) is 0 Å². The Kier molecular flexibility index (Phi) is 17.5. The number of hydrogen-bond acceptors (Lipinski definition) is 11. The third-order valence-corrected chi connectivity index (χ3v) is 5.56. The molecule has 0 aromatic carbocycles. The molecule has 0 spiro atoms. The molecule has 1 rings (SSSR count). The molecule has 0 fully saturated rings. The summed E-state index contributed by atoms with van der Waals surface area (Å²) in [6.45, 7) is 4.34. The van der Waals surface area contributed by atoms with Crippen LogP contribution in [0.5, 0.6) is 0 Å². The third-order valence-electron chi connectivity index (χ3n) is 5.56. The zero-order valence-electron chi connectivity index (χ0n) is 25.1. The molecule has 1 aromatic rings. The first kappa shape index (κ1) is 38.5. The molecule has 0 saturated carbocycles. The Bertz CT molecular complexity index is 1070. The van der Waals surface area contributed by atoms with Crippen molar-refractivity contribution in [2.45, 2.75) is 27.2 Å². The van der Waals surface area contributed by atoms with Crippen LogP contribution in [0.25, 0.3) is 0 Å². The van der Waals surface area contributed by atoms with Crippen LogP contribution in [0, 0.1) is 5.41 Å². The average Bonchev–Trinajstić information content (AvgIpc) is 2.97. The van der Waals surface area contributed by atoms with Crippen molar-refractivity contribution >= 4 is 30.1 Å². The molecule has 1 heterocycles. The lowest BCUT2D eigenvalue weighted by Crippen LogP contribution is -2.51. The van der Waals surface area contributed by atoms with Gasteiger partial charge < -0.3 is 30.2 Å². The number of nitrogens with one attached hydrogen (secondary N) is 3. The first-order chi connectivity index (χ1) is 18.9. The second-order valence-electron chi connectivity index (χ2n) is 8.45. The number of carbonyl (C=O) groups is 5. The Morgan fingerprint density at radius 3 is 1.05 bits per heavy atom. The van der Waals surface area contributed by atoms with Gasteiger partial charge in [-0.05, 0) is 6.42 Å². The zero-order valence-corrected chi connectivity index (χ0v) is 25.1. The van der Waals surface area contributed by atoms with Gasteiger partial charge >= 0.3 is 35.3 Å². The van der Waals surface area contributed by atoms with Gasteiger partial charge in [-0.2, -0.15) is 0 Å². The van der Waals surface area contributed by atoms with Crippen LogP contribution in [0.2, 0.25) is 0 Å². The maximum absolute atomic E-state index is 11.2. The monoisotopic (exact) mass is 591 g/mol. The molecule has 0 aliphatic carbocycles. The summed E-state index contributed by atoms with van der Waals surface area (Å²) < 4.78 is 17.6. The number of aromatic nitrogens is 3. The highest BCUT2D eigenvalue weighted by atomic mass is 16.6.